The van der Waals surface area contributed by atoms with Gasteiger partial charge in [-0.3, -0.25) is 4.72 Å². The molecule has 0 aromatic heterocycles. The zero-order valence-electron chi connectivity index (χ0n) is 9.16. The smallest absolute Gasteiger partial charge is 0.0351 e. The van der Waals surface area contributed by atoms with Gasteiger partial charge in [0.25, 0.3) is 0 Å². The Kier molecular flexibility index (Phi) is 2.46. The lowest BCUT2D eigenvalue weighted by Gasteiger charge is -2.07. The van der Waals surface area contributed by atoms with Gasteiger partial charge < -0.3 is 0 Å². The normalized spacial score (nSPS) is 13.8. The first kappa shape index (κ1) is 9.94. The third kappa shape index (κ3) is 1.64. The Morgan fingerprint density at radius 1 is 1.06 bits per heavy atom. The number of rotatable bonds is 1. The van der Waals surface area contributed by atoms with E-state index in [9.17, 15) is 0 Å². The van der Waals surface area contributed by atoms with Crippen molar-refractivity contribution in [3.05, 3.63) is 53.6 Å². The highest BCUT2D eigenvalue weighted by atomic mass is 32.2. The molecule has 0 unspecified atom stereocenters. The lowest BCUT2D eigenvalue weighted by molar-refractivity contribution is 0.995. The van der Waals surface area contributed by atoms with Crippen molar-refractivity contribution in [2.24, 2.45) is 0 Å². The van der Waals surface area contributed by atoms with E-state index in [0.717, 1.165) is 6.54 Å². The van der Waals surface area contributed by atoms with E-state index in [2.05, 4.69) is 54.1 Å². The highest BCUT2D eigenvalue weighted by Gasteiger charge is 2.15. The van der Waals surface area contributed by atoms with Crippen LogP contribution in [0.15, 0.2) is 47.4 Å². The van der Waals surface area contributed by atoms with Crippen molar-refractivity contribution < 1.29 is 0 Å². The van der Waals surface area contributed by atoms with Crippen molar-refractivity contribution in [2.75, 3.05) is 0 Å². The molecule has 2 heteroatoms. The number of aryl methyl sites for hydroxylation is 1. The molecule has 3 rings (SSSR count). The summed E-state index contributed by atoms with van der Waals surface area (Å²) in [5.74, 6) is 0. The van der Waals surface area contributed by atoms with Gasteiger partial charge in [-0.15, -0.1) is 0 Å². The monoisotopic (exact) mass is 227 g/mol. The summed E-state index contributed by atoms with van der Waals surface area (Å²) in [6.07, 6.45) is 0. The maximum Gasteiger partial charge on any atom is 0.0351 e. The first-order chi connectivity index (χ1) is 7.84. The van der Waals surface area contributed by atoms with Crippen molar-refractivity contribution in [3.63, 3.8) is 0 Å². The summed E-state index contributed by atoms with van der Waals surface area (Å²) < 4.78 is 3.33. The lowest BCUT2D eigenvalue weighted by Crippen LogP contribution is -1.91. The van der Waals surface area contributed by atoms with Crippen LogP contribution in [0.3, 0.4) is 0 Å². The molecule has 0 atom stereocenters. The minimum atomic E-state index is 0.972. The van der Waals surface area contributed by atoms with Gasteiger partial charge >= 0.3 is 0 Å². The van der Waals surface area contributed by atoms with Gasteiger partial charge in [-0.25, -0.2) is 0 Å². The van der Waals surface area contributed by atoms with Crippen LogP contribution in [-0.2, 0) is 6.54 Å². The van der Waals surface area contributed by atoms with Crippen LogP contribution in [-0.4, -0.2) is 0 Å². The quantitative estimate of drug-likeness (QED) is 0.744. The van der Waals surface area contributed by atoms with Crippen LogP contribution in [0, 0.1) is 6.92 Å². The number of benzene rings is 2. The number of hydrogen-bond acceptors (Lipinski definition) is 2. The molecule has 80 valence electrons. The molecule has 1 aliphatic heterocycles. The molecule has 2 aromatic rings. The fourth-order valence-corrected chi connectivity index (χ4v) is 2.93. The second kappa shape index (κ2) is 3.96. The molecule has 0 saturated carbocycles. The van der Waals surface area contributed by atoms with Crippen LogP contribution in [0.1, 0.15) is 11.1 Å². The van der Waals surface area contributed by atoms with Gasteiger partial charge in [0.05, 0.1) is 0 Å². The number of hydrogen-bond donors (Lipinski definition) is 1. The molecule has 0 radical (unpaired) electrons. The number of nitrogens with one attached hydrogen (secondary N) is 1. The summed E-state index contributed by atoms with van der Waals surface area (Å²) >= 11 is 1.74. The van der Waals surface area contributed by atoms with Crippen LogP contribution in [0.5, 0.6) is 0 Å². The first-order valence-electron chi connectivity index (χ1n) is 5.43. The Morgan fingerprint density at radius 2 is 1.88 bits per heavy atom. The predicted octanol–water partition coefficient (Wildman–Crippen LogP) is 3.77. The third-order valence-corrected chi connectivity index (χ3v) is 3.87. The highest BCUT2D eigenvalue weighted by molar-refractivity contribution is 7.97. The zero-order chi connectivity index (χ0) is 11.0. The summed E-state index contributed by atoms with van der Waals surface area (Å²) in [4.78, 5) is 1.38. The largest absolute Gasteiger partial charge is 0.255 e. The van der Waals surface area contributed by atoms with Crippen LogP contribution in [0.25, 0.3) is 11.1 Å². The van der Waals surface area contributed by atoms with Gasteiger partial charge in [0.15, 0.2) is 0 Å². The van der Waals surface area contributed by atoms with Crippen molar-refractivity contribution in [1.82, 2.24) is 4.72 Å². The van der Waals surface area contributed by atoms with E-state index in [-0.39, 0.29) is 0 Å². The molecule has 1 aliphatic rings. The first-order valence-corrected chi connectivity index (χ1v) is 6.25. The van der Waals surface area contributed by atoms with Crippen LogP contribution in [0.4, 0.5) is 0 Å². The van der Waals surface area contributed by atoms with E-state index in [1.807, 2.05) is 0 Å². The Bertz CT molecular complexity index is 517. The molecule has 0 spiro atoms. The second-order valence-electron chi connectivity index (χ2n) is 4.08. The highest BCUT2D eigenvalue weighted by Crippen LogP contribution is 2.36. The van der Waals surface area contributed by atoms with Crippen molar-refractivity contribution in [2.45, 2.75) is 18.4 Å². The molecule has 0 saturated heterocycles. The molecule has 0 fully saturated rings. The molecule has 16 heavy (non-hydrogen) atoms. The molecule has 1 heterocycles. The van der Waals surface area contributed by atoms with E-state index in [0.29, 0.717) is 0 Å². The molecule has 1 N–H and O–H groups in total. The molecule has 0 amide bonds. The number of fused-ring (bicyclic) bond motifs is 1. The van der Waals surface area contributed by atoms with E-state index in [1.165, 1.54) is 27.1 Å². The lowest BCUT2D eigenvalue weighted by atomic mass is 10.0. The molecule has 0 bridgehead atoms. The van der Waals surface area contributed by atoms with E-state index < -0.39 is 0 Å². The third-order valence-electron chi connectivity index (χ3n) is 2.90. The standard InChI is InChI=1S/C14H13NS/c1-10-5-7-11(8-6-10)13-4-2-3-12-9-15-16-14(12)13/h2-8,15H,9H2,1H3. The summed E-state index contributed by atoms with van der Waals surface area (Å²) in [6, 6.07) is 15.3. The minimum absolute atomic E-state index is 0.972. The predicted molar refractivity (Wildman–Crippen MR) is 69.3 cm³/mol. The van der Waals surface area contributed by atoms with Gasteiger partial charge in [0.1, 0.15) is 0 Å². The van der Waals surface area contributed by atoms with Gasteiger partial charge in [-0.05, 0) is 35.6 Å². The Hall–Kier alpha value is -1.25. The van der Waals surface area contributed by atoms with Crippen LogP contribution >= 0.6 is 11.9 Å². The molecule has 1 nitrogen and oxygen atoms in total. The molecule has 0 aliphatic carbocycles. The summed E-state index contributed by atoms with van der Waals surface area (Å²) in [7, 11) is 0. The van der Waals surface area contributed by atoms with Gasteiger partial charge in [-0.2, -0.15) is 0 Å². The molecular weight excluding hydrogens is 214 g/mol. The summed E-state index contributed by atoms with van der Waals surface area (Å²) in [5.41, 5.74) is 5.36. The van der Waals surface area contributed by atoms with Crippen molar-refractivity contribution >= 4 is 11.9 Å². The minimum Gasteiger partial charge on any atom is -0.255 e. The van der Waals surface area contributed by atoms with Crippen LogP contribution < -0.4 is 4.72 Å². The topological polar surface area (TPSA) is 12.0 Å². The van der Waals surface area contributed by atoms with Gasteiger partial charge in [0, 0.05) is 11.4 Å². The maximum absolute atomic E-state index is 3.33. The Balaban J connectivity index is 2.13. The molecule has 2 aromatic carbocycles. The van der Waals surface area contributed by atoms with Crippen LogP contribution in [0.2, 0.25) is 0 Å². The zero-order valence-corrected chi connectivity index (χ0v) is 9.97. The molecular formula is C14H13NS. The van der Waals surface area contributed by atoms with E-state index in [1.54, 1.807) is 11.9 Å². The van der Waals surface area contributed by atoms with Crippen molar-refractivity contribution in [3.8, 4) is 11.1 Å². The fourth-order valence-electron chi connectivity index (χ4n) is 1.99. The Labute approximate surface area is 100 Å². The fraction of sp³-hybridized carbons (Fsp3) is 0.143. The van der Waals surface area contributed by atoms with Crippen molar-refractivity contribution in [1.29, 1.82) is 0 Å². The maximum atomic E-state index is 3.33. The van der Waals surface area contributed by atoms with E-state index >= 15 is 0 Å². The van der Waals surface area contributed by atoms with Gasteiger partial charge in [0.2, 0.25) is 0 Å². The summed E-state index contributed by atoms with van der Waals surface area (Å²) in [5, 5.41) is 0. The SMILES string of the molecule is Cc1ccc(-c2cccc3c2SNC3)cc1. The Morgan fingerprint density at radius 3 is 2.69 bits per heavy atom. The average molecular weight is 227 g/mol. The summed E-state index contributed by atoms with van der Waals surface area (Å²) in [6.45, 7) is 3.09. The van der Waals surface area contributed by atoms with E-state index in [4.69, 9.17) is 0 Å². The van der Waals surface area contributed by atoms with Gasteiger partial charge in [-0.1, -0.05) is 48.0 Å². The average Bonchev–Trinajstić information content (AvgIpc) is 2.78. The second-order valence-corrected chi connectivity index (χ2v) is 4.98.